The topological polar surface area (TPSA) is 62.7 Å². The van der Waals surface area contributed by atoms with Gasteiger partial charge in [-0.15, -0.1) is 11.8 Å². The average Bonchev–Trinajstić information content (AvgIpc) is 2.68. The second-order valence-corrected chi connectivity index (χ2v) is 6.89. The molecule has 5 nitrogen and oxygen atoms in total. The van der Waals surface area contributed by atoms with E-state index in [4.69, 9.17) is 0 Å². The fourth-order valence-corrected chi connectivity index (χ4v) is 2.87. The molecule has 2 heterocycles. The van der Waals surface area contributed by atoms with E-state index in [9.17, 15) is 0 Å². The van der Waals surface area contributed by atoms with Crippen molar-refractivity contribution in [1.82, 2.24) is 15.0 Å². The van der Waals surface area contributed by atoms with Crippen LogP contribution in [0.15, 0.2) is 59.8 Å². The Balaban J connectivity index is 1.96. The molecule has 0 radical (unpaired) electrons. The Morgan fingerprint density at radius 3 is 2.73 bits per heavy atom. The van der Waals surface area contributed by atoms with E-state index in [0.717, 1.165) is 29.2 Å². The van der Waals surface area contributed by atoms with Gasteiger partial charge in [-0.05, 0) is 49.9 Å². The second kappa shape index (κ2) is 8.67. The van der Waals surface area contributed by atoms with Crippen molar-refractivity contribution < 1.29 is 0 Å². The number of pyridine rings is 1. The quantitative estimate of drug-likeness (QED) is 0.560. The van der Waals surface area contributed by atoms with Gasteiger partial charge in [-0.2, -0.15) is 4.98 Å². The summed E-state index contributed by atoms with van der Waals surface area (Å²) in [6.07, 6.45) is 6.64. The third kappa shape index (κ3) is 4.73. The molecule has 26 heavy (non-hydrogen) atoms. The number of aromatic nitrogens is 3. The first kappa shape index (κ1) is 18.2. The standard InChI is InChI=1S/C20H23N5S/c1-4-14(2)22-20-24-18(15-7-6-10-21-13-15)12-19(25-20)23-16-8-5-9-17(11-16)26-3/h5-14H,4H2,1-3H3,(H2,22,23,24,25)/t14-/m1/s1. The molecule has 0 aliphatic heterocycles. The van der Waals surface area contributed by atoms with Gasteiger partial charge >= 0.3 is 0 Å². The largest absolute Gasteiger partial charge is 0.352 e. The van der Waals surface area contributed by atoms with Crippen molar-refractivity contribution in [2.45, 2.75) is 31.2 Å². The molecule has 1 atom stereocenters. The Hall–Kier alpha value is -2.60. The third-order valence-corrected chi connectivity index (χ3v) is 4.74. The van der Waals surface area contributed by atoms with Crippen LogP contribution in [0.25, 0.3) is 11.3 Å². The van der Waals surface area contributed by atoms with E-state index in [2.05, 4.69) is 57.8 Å². The molecule has 0 spiro atoms. The van der Waals surface area contributed by atoms with Crippen molar-refractivity contribution in [2.75, 3.05) is 16.9 Å². The van der Waals surface area contributed by atoms with Crippen LogP contribution in [0.1, 0.15) is 20.3 Å². The number of hydrogen-bond donors (Lipinski definition) is 2. The number of thioether (sulfide) groups is 1. The van der Waals surface area contributed by atoms with Gasteiger partial charge < -0.3 is 10.6 Å². The van der Waals surface area contributed by atoms with E-state index >= 15 is 0 Å². The first-order valence-electron chi connectivity index (χ1n) is 8.65. The van der Waals surface area contributed by atoms with Crippen LogP contribution in [0.3, 0.4) is 0 Å². The van der Waals surface area contributed by atoms with E-state index < -0.39 is 0 Å². The van der Waals surface area contributed by atoms with E-state index in [0.29, 0.717) is 12.0 Å². The van der Waals surface area contributed by atoms with Crippen LogP contribution in [0, 0.1) is 0 Å². The average molecular weight is 366 g/mol. The minimum atomic E-state index is 0.298. The Morgan fingerprint density at radius 2 is 2.00 bits per heavy atom. The summed E-state index contributed by atoms with van der Waals surface area (Å²) in [5.74, 6) is 1.37. The monoisotopic (exact) mass is 365 g/mol. The van der Waals surface area contributed by atoms with E-state index in [1.165, 1.54) is 4.90 Å². The van der Waals surface area contributed by atoms with Gasteiger partial charge in [-0.1, -0.05) is 13.0 Å². The molecule has 0 aliphatic rings. The fourth-order valence-electron chi connectivity index (χ4n) is 2.41. The maximum Gasteiger partial charge on any atom is 0.225 e. The summed E-state index contributed by atoms with van der Waals surface area (Å²) < 4.78 is 0. The summed E-state index contributed by atoms with van der Waals surface area (Å²) in [5, 5.41) is 6.76. The lowest BCUT2D eigenvalue weighted by molar-refractivity contribution is 0.753. The molecule has 134 valence electrons. The van der Waals surface area contributed by atoms with Crippen LogP contribution < -0.4 is 10.6 Å². The van der Waals surface area contributed by atoms with Crippen molar-refractivity contribution in [1.29, 1.82) is 0 Å². The molecular formula is C20H23N5S. The molecule has 6 heteroatoms. The highest BCUT2D eigenvalue weighted by atomic mass is 32.2. The zero-order valence-corrected chi connectivity index (χ0v) is 16.0. The summed E-state index contributed by atoms with van der Waals surface area (Å²) in [7, 11) is 0. The molecule has 0 saturated carbocycles. The lowest BCUT2D eigenvalue weighted by atomic mass is 10.2. The lowest BCUT2D eigenvalue weighted by Gasteiger charge is -2.15. The van der Waals surface area contributed by atoms with Gasteiger partial charge in [-0.3, -0.25) is 4.98 Å². The first-order chi connectivity index (χ1) is 12.7. The molecular weight excluding hydrogens is 342 g/mol. The van der Waals surface area contributed by atoms with Crippen LogP contribution in [0.2, 0.25) is 0 Å². The highest BCUT2D eigenvalue weighted by molar-refractivity contribution is 7.98. The predicted molar refractivity (Wildman–Crippen MR) is 110 cm³/mol. The van der Waals surface area contributed by atoms with E-state index in [-0.39, 0.29) is 0 Å². The van der Waals surface area contributed by atoms with Gasteiger partial charge in [0.05, 0.1) is 5.69 Å². The third-order valence-electron chi connectivity index (χ3n) is 4.01. The van der Waals surface area contributed by atoms with E-state index in [1.54, 1.807) is 18.0 Å². The van der Waals surface area contributed by atoms with Crippen LogP contribution in [-0.2, 0) is 0 Å². The highest BCUT2D eigenvalue weighted by Gasteiger charge is 2.09. The smallest absolute Gasteiger partial charge is 0.225 e. The SMILES string of the molecule is CC[C@@H](C)Nc1nc(Nc2cccc(SC)c2)cc(-c2cccnc2)n1. The molecule has 1 aromatic carbocycles. The zero-order valence-electron chi connectivity index (χ0n) is 15.2. The van der Waals surface area contributed by atoms with Crippen molar-refractivity contribution in [2.24, 2.45) is 0 Å². The number of hydrogen-bond acceptors (Lipinski definition) is 6. The van der Waals surface area contributed by atoms with Crippen LogP contribution in [-0.4, -0.2) is 27.2 Å². The van der Waals surface area contributed by atoms with Crippen LogP contribution in [0.4, 0.5) is 17.5 Å². The predicted octanol–water partition coefficient (Wildman–Crippen LogP) is 5.21. The normalized spacial score (nSPS) is 11.8. The Morgan fingerprint density at radius 1 is 1.12 bits per heavy atom. The molecule has 0 fully saturated rings. The minimum absolute atomic E-state index is 0.298. The summed E-state index contributed by atoms with van der Waals surface area (Å²) in [5.41, 5.74) is 2.80. The summed E-state index contributed by atoms with van der Waals surface area (Å²) in [6.45, 7) is 4.25. The molecule has 0 aliphatic carbocycles. The number of anilines is 3. The molecule has 2 N–H and O–H groups in total. The van der Waals surface area contributed by atoms with Crippen LogP contribution >= 0.6 is 11.8 Å². The number of nitrogens with one attached hydrogen (secondary N) is 2. The maximum absolute atomic E-state index is 4.66. The van der Waals surface area contributed by atoms with Gasteiger partial charge in [0.25, 0.3) is 0 Å². The lowest BCUT2D eigenvalue weighted by Crippen LogP contribution is -2.16. The molecule has 0 saturated heterocycles. The molecule has 0 unspecified atom stereocenters. The zero-order chi connectivity index (χ0) is 18.4. The molecule has 3 aromatic rings. The summed E-state index contributed by atoms with van der Waals surface area (Å²) in [6, 6.07) is 14.4. The first-order valence-corrected chi connectivity index (χ1v) is 9.87. The molecule has 0 amide bonds. The van der Waals surface area contributed by atoms with Gasteiger partial charge in [0.2, 0.25) is 5.95 Å². The van der Waals surface area contributed by atoms with Crippen molar-refractivity contribution in [3.05, 3.63) is 54.9 Å². The Bertz CT molecular complexity index is 854. The molecule has 3 rings (SSSR count). The van der Waals surface area contributed by atoms with Crippen molar-refractivity contribution in [3.8, 4) is 11.3 Å². The van der Waals surface area contributed by atoms with Gasteiger partial charge in [0, 0.05) is 40.6 Å². The number of rotatable bonds is 7. The van der Waals surface area contributed by atoms with Crippen LogP contribution in [0.5, 0.6) is 0 Å². The van der Waals surface area contributed by atoms with Crippen molar-refractivity contribution >= 4 is 29.2 Å². The van der Waals surface area contributed by atoms with Gasteiger partial charge in [0.15, 0.2) is 0 Å². The summed E-state index contributed by atoms with van der Waals surface area (Å²) >= 11 is 1.71. The molecule has 0 bridgehead atoms. The minimum Gasteiger partial charge on any atom is -0.352 e. The highest BCUT2D eigenvalue weighted by Crippen LogP contribution is 2.25. The van der Waals surface area contributed by atoms with Crippen molar-refractivity contribution in [3.63, 3.8) is 0 Å². The maximum atomic E-state index is 4.66. The molecule has 2 aromatic heterocycles. The number of nitrogens with zero attached hydrogens (tertiary/aromatic N) is 3. The Kier molecular flexibility index (Phi) is 6.07. The Labute approximate surface area is 158 Å². The fraction of sp³-hybridized carbons (Fsp3) is 0.250. The van der Waals surface area contributed by atoms with Gasteiger partial charge in [-0.25, -0.2) is 4.98 Å². The number of benzene rings is 1. The second-order valence-electron chi connectivity index (χ2n) is 6.01. The summed E-state index contributed by atoms with van der Waals surface area (Å²) in [4.78, 5) is 14.7. The van der Waals surface area contributed by atoms with Gasteiger partial charge in [0.1, 0.15) is 5.82 Å². The van der Waals surface area contributed by atoms with E-state index in [1.807, 2.05) is 36.5 Å².